The summed E-state index contributed by atoms with van der Waals surface area (Å²) in [5, 5.41) is 0.286. The second-order valence-electron chi connectivity index (χ2n) is 3.89. The van der Waals surface area contributed by atoms with Gasteiger partial charge in [0.15, 0.2) is 5.56 Å². The maximum Gasteiger partial charge on any atom is 0.339 e. The number of rotatable bonds is 3. The van der Waals surface area contributed by atoms with Crippen LogP contribution in [0.2, 0.25) is 0 Å². The summed E-state index contributed by atoms with van der Waals surface area (Å²) < 4.78 is 4.94. The smallest absolute Gasteiger partial charge is 0.339 e. The van der Waals surface area contributed by atoms with E-state index in [9.17, 15) is 14.4 Å². The van der Waals surface area contributed by atoms with Crippen LogP contribution < -0.4 is 11.2 Å². The van der Waals surface area contributed by atoms with E-state index in [1.54, 1.807) is 6.92 Å². The predicted octanol–water partition coefficient (Wildman–Crippen LogP) is 1.35. The van der Waals surface area contributed by atoms with E-state index in [0.29, 0.717) is 6.42 Å². The van der Waals surface area contributed by atoms with Gasteiger partial charge in [-0.15, -0.1) is 0 Å². The molecule has 0 bridgehead atoms. The SMILES string of the molecule is CCC(Cl)OC(=O)c1ccc2c(=O)[nH]c(=O)[nH]c2c1. The Morgan fingerprint density at radius 3 is 2.79 bits per heavy atom. The number of esters is 1. The molecule has 0 amide bonds. The van der Waals surface area contributed by atoms with Gasteiger partial charge in [0.25, 0.3) is 5.56 Å². The minimum atomic E-state index is -0.707. The van der Waals surface area contributed by atoms with Crippen molar-refractivity contribution >= 4 is 28.5 Å². The number of halogens is 1. The van der Waals surface area contributed by atoms with Crippen LogP contribution >= 0.6 is 11.6 Å². The molecule has 2 N–H and O–H groups in total. The van der Waals surface area contributed by atoms with Gasteiger partial charge in [-0.25, -0.2) is 9.59 Å². The molecule has 1 unspecified atom stereocenters. The fourth-order valence-corrected chi connectivity index (χ4v) is 1.65. The first-order valence-corrected chi connectivity index (χ1v) is 6.06. The lowest BCUT2D eigenvalue weighted by Crippen LogP contribution is -2.22. The molecule has 7 heteroatoms. The van der Waals surface area contributed by atoms with Crippen molar-refractivity contribution in [3.8, 4) is 0 Å². The average Bonchev–Trinajstić information content (AvgIpc) is 2.37. The highest BCUT2D eigenvalue weighted by Crippen LogP contribution is 2.13. The molecule has 0 saturated heterocycles. The summed E-state index contributed by atoms with van der Waals surface area (Å²) in [4.78, 5) is 38.9. The van der Waals surface area contributed by atoms with Crippen molar-refractivity contribution in [2.24, 2.45) is 0 Å². The van der Waals surface area contributed by atoms with Gasteiger partial charge < -0.3 is 9.72 Å². The molecule has 100 valence electrons. The fraction of sp³-hybridized carbons (Fsp3) is 0.250. The van der Waals surface area contributed by atoms with E-state index in [-0.39, 0.29) is 16.5 Å². The van der Waals surface area contributed by atoms with Crippen LogP contribution in [0.25, 0.3) is 10.9 Å². The molecule has 1 atom stereocenters. The molecule has 0 aliphatic heterocycles. The Bertz CT molecular complexity index is 734. The molecule has 2 rings (SSSR count). The maximum absolute atomic E-state index is 11.7. The van der Waals surface area contributed by atoms with E-state index >= 15 is 0 Å². The molecule has 0 spiro atoms. The number of alkyl halides is 1. The van der Waals surface area contributed by atoms with Gasteiger partial charge in [-0.05, 0) is 24.6 Å². The molecule has 1 aromatic heterocycles. The van der Waals surface area contributed by atoms with Crippen molar-refractivity contribution < 1.29 is 9.53 Å². The monoisotopic (exact) mass is 282 g/mol. The standard InChI is InChI=1S/C12H11ClN2O4/c1-2-9(13)19-11(17)6-3-4-7-8(5-6)14-12(18)15-10(7)16/h3-5,9H,2H2,1H3,(H2,14,15,16,18). The third-order valence-corrected chi connectivity index (χ3v) is 2.93. The molecule has 0 fully saturated rings. The van der Waals surface area contributed by atoms with Crippen LogP contribution in [0, 0.1) is 0 Å². The van der Waals surface area contributed by atoms with Gasteiger partial charge in [0.1, 0.15) is 0 Å². The second-order valence-corrected chi connectivity index (χ2v) is 4.38. The van der Waals surface area contributed by atoms with E-state index in [4.69, 9.17) is 16.3 Å². The Balaban J connectivity index is 2.44. The Morgan fingerprint density at radius 1 is 1.37 bits per heavy atom. The zero-order valence-corrected chi connectivity index (χ0v) is 10.8. The number of aromatic amines is 2. The number of fused-ring (bicyclic) bond motifs is 1. The highest BCUT2D eigenvalue weighted by molar-refractivity contribution is 6.20. The average molecular weight is 283 g/mol. The van der Waals surface area contributed by atoms with Crippen molar-refractivity contribution in [2.45, 2.75) is 18.9 Å². The molecule has 1 heterocycles. The van der Waals surface area contributed by atoms with Crippen molar-refractivity contribution in [2.75, 3.05) is 0 Å². The Kier molecular flexibility index (Phi) is 3.71. The van der Waals surface area contributed by atoms with E-state index < -0.39 is 22.8 Å². The highest BCUT2D eigenvalue weighted by atomic mass is 35.5. The summed E-state index contributed by atoms with van der Waals surface area (Å²) in [5.41, 5.74) is -1.37. The van der Waals surface area contributed by atoms with Crippen molar-refractivity contribution in [3.05, 3.63) is 44.6 Å². The summed E-state index contributed by atoms with van der Waals surface area (Å²) in [7, 11) is 0. The Hall–Kier alpha value is -2.08. The van der Waals surface area contributed by atoms with Crippen LogP contribution in [0.15, 0.2) is 27.8 Å². The summed E-state index contributed by atoms with van der Waals surface area (Å²) in [6, 6.07) is 4.26. The number of carbonyl (C=O) groups is 1. The number of hydrogen-bond acceptors (Lipinski definition) is 4. The van der Waals surface area contributed by atoms with E-state index in [0.717, 1.165) is 0 Å². The summed E-state index contributed by atoms with van der Waals surface area (Å²) in [5.74, 6) is -0.607. The number of hydrogen-bond donors (Lipinski definition) is 2. The van der Waals surface area contributed by atoms with Crippen molar-refractivity contribution in [3.63, 3.8) is 0 Å². The number of benzene rings is 1. The van der Waals surface area contributed by atoms with Crippen LogP contribution in [0.3, 0.4) is 0 Å². The number of nitrogens with one attached hydrogen (secondary N) is 2. The minimum absolute atomic E-state index is 0.216. The van der Waals surface area contributed by atoms with Gasteiger partial charge in [0, 0.05) is 0 Å². The molecule has 0 radical (unpaired) electrons. The zero-order valence-electron chi connectivity index (χ0n) is 10.0. The summed E-state index contributed by atoms with van der Waals surface area (Å²) in [6.45, 7) is 1.78. The van der Waals surface area contributed by atoms with Gasteiger partial charge in [-0.2, -0.15) is 0 Å². The largest absolute Gasteiger partial charge is 0.442 e. The fourth-order valence-electron chi connectivity index (χ4n) is 1.56. The predicted molar refractivity (Wildman–Crippen MR) is 70.5 cm³/mol. The number of ether oxygens (including phenoxy) is 1. The molecule has 1 aromatic carbocycles. The van der Waals surface area contributed by atoms with Crippen LogP contribution in [0.1, 0.15) is 23.7 Å². The molecular formula is C12H11ClN2O4. The lowest BCUT2D eigenvalue weighted by atomic mass is 10.1. The van der Waals surface area contributed by atoms with Crippen LogP contribution in [0.5, 0.6) is 0 Å². The van der Waals surface area contributed by atoms with E-state index in [1.165, 1.54) is 18.2 Å². The minimum Gasteiger partial charge on any atom is -0.442 e. The first kappa shape index (κ1) is 13.4. The molecular weight excluding hydrogens is 272 g/mol. The highest BCUT2D eigenvalue weighted by Gasteiger charge is 2.13. The first-order chi connectivity index (χ1) is 9.01. The topological polar surface area (TPSA) is 92.0 Å². The van der Waals surface area contributed by atoms with Gasteiger partial charge >= 0.3 is 11.7 Å². The first-order valence-electron chi connectivity index (χ1n) is 5.62. The normalized spacial score (nSPS) is 12.3. The molecule has 0 aliphatic carbocycles. The number of aromatic nitrogens is 2. The molecule has 2 aromatic rings. The van der Waals surface area contributed by atoms with Crippen molar-refractivity contribution in [1.82, 2.24) is 9.97 Å². The summed E-state index contributed by atoms with van der Waals surface area (Å²) in [6.07, 6.45) is 0.484. The van der Waals surface area contributed by atoms with Gasteiger partial charge in [-0.3, -0.25) is 9.78 Å². The molecule has 0 aliphatic rings. The Labute approximate surface area is 112 Å². The van der Waals surface area contributed by atoms with E-state index in [1.807, 2.05) is 0 Å². The van der Waals surface area contributed by atoms with Crippen LogP contribution in [-0.2, 0) is 4.74 Å². The third-order valence-electron chi connectivity index (χ3n) is 2.53. The molecule has 6 nitrogen and oxygen atoms in total. The number of carbonyl (C=O) groups excluding carboxylic acids is 1. The van der Waals surface area contributed by atoms with Crippen LogP contribution in [-0.4, -0.2) is 21.5 Å². The van der Waals surface area contributed by atoms with Crippen LogP contribution in [0.4, 0.5) is 0 Å². The maximum atomic E-state index is 11.7. The lowest BCUT2D eigenvalue weighted by molar-refractivity contribution is 0.0443. The zero-order chi connectivity index (χ0) is 14.0. The van der Waals surface area contributed by atoms with Gasteiger partial charge in [0.2, 0.25) is 0 Å². The van der Waals surface area contributed by atoms with E-state index in [2.05, 4.69) is 9.97 Å². The van der Waals surface area contributed by atoms with Crippen molar-refractivity contribution in [1.29, 1.82) is 0 Å². The summed E-state index contributed by atoms with van der Waals surface area (Å²) >= 11 is 5.72. The van der Waals surface area contributed by atoms with Gasteiger partial charge in [0.05, 0.1) is 16.5 Å². The number of H-pyrrole nitrogens is 2. The third kappa shape index (κ3) is 2.85. The second kappa shape index (κ2) is 5.27. The van der Waals surface area contributed by atoms with Gasteiger partial charge in [-0.1, -0.05) is 18.5 Å². The molecule has 19 heavy (non-hydrogen) atoms. The molecule has 0 saturated carbocycles. The Morgan fingerprint density at radius 2 is 2.11 bits per heavy atom. The lowest BCUT2D eigenvalue weighted by Gasteiger charge is -2.09. The quantitative estimate of drug-likeness (QED) is 0.656.